The molecule has 0 unspecified atom stereocenters. The Labute approximate surface area is 279 Å². The number of methoxy groups -OCH3 is 5. The van der Waals surface area contributed by atoms with Crippen molar-refractivity contribution in [3.05, 3.63) is 76.9 Å². The van der Waals surface area contributed by atoms with Crippen molar-refractivity contribution in [3.63, 3.8) is 0 Å². The van der Waals surface area contributed by atoms with E-state index >= 15 is 0 Å². The summed E-state index contributed by atoms with van der Waals surface area (Å²) in [5, 5.41) is 0. The van der Waals surface area contributed by atoms with Gasteiger partial charge >= 0.3 is 5.97 Å². The summed E-state index contributed by atoms with van der Waals surface area (Å²) in [5.41, 5.74) is 3.89. The third-order valence-corrected chi connectivity index (χ3v) is 8.99. The number of benzene rings is 3. The second-order valence-electron chi connectivity index (χ2n) is 11.7. The normalized spacial score (nSPS) is 15.7. The lowest BCUT2D eigenvalue weighted by molar-refractivity contribution is -0.162. The molecule has 1 fully saturated rings. The summed E-state index contributed by atoms with van der Waals surface area (Å²) >= 11 is 0. The predicted octanol–water partition coefficient (Wildman–Crippen LogP) is 7.08. The summed E-state index contributed by atoms with van der Waals surface area (Å²) in [6.45, 7) is 4.56. The molecule has 9 heteroatoms. The molecule has 0 N–H and O–H groups in total. The van der Waals surface area contributed by atoms with Crippen molar-refractivity contribution < 1.29 is 38.0 Å². The molecule has 0 saturated carbocycles. The molecule has 0 aromatic heterocycles. The van der Waals surface area contributed by atoms with E-state index in [4.69, 9.17) is 28.4 Å². The number of aryl methyl sites for hydroxylation is 2. The highest BCUT2D eigenvalue weighted by Crippen LogP contribution is 2.41. The predicted molar refractivity (Wildman–Crippen MR) is 181 cm³/mol. The van der Waals surface area contributed by atoms with Crippen molar-refractivity contribution in [2.75, 3.05) is 42.1 Å². The van der Waals surface area contributed by atoms with Gasteiger partial charge in [0.05, 0.1) is 41.5 Å². The van der Waals surface area contributed by atoms with Crippen LogP contribution in [0.2, 0.25) is 0 Å². The Morgan fingerprint density at radius 3 is 2.09 bits per heavy atom. The van der Waals surface area contributed by atoms with Gasteiger partial charge in [-0.25, -0.2) is 4.79 Å². The second kappa shape index (κ2) is 17.0. The molecule has 0 radical (unpaired) electrons. The van der Waals surface area contributed by atoms with Gasteiger partial charge in [0.25, 0.3) is 0 Å². The number of hydrogen-bond donors (Lipinski definition) is 0. The van der Waals surface area contributed by atoms with Gasteiger partial charge in [-0.05, 0) is 91.5 Å². The highest BCUT2D eigenvalue weighted by molar-refractivity contribution is 5.89. The number of rotatable bonds is 15. The quantitative estimate of drug-likeness (QED) is 0.162. The van der Waals surface area contributed by atoms with Gasteiger partial charge in [0.2, 0.25) is 11.7 Å². The Hall–Kier alpha value is -4.40. The van der Waals surface area contributed by atoms with Gasteiger partial charge in [0, 0.05) is 6.54 Å². The molecule has 254 valence electrons. The number of carbonyl (C=O) groups excluding carboxylic acids is 2. The molecular formula is C38H49NO8. The van der Waals surface area contributed by atoms with Gasteiger partial charge in [-0.1, -0.05) is 44.2 Å². The summed E-state index contributed by atoms with van der Waals surface area (Å²) in [7, 11) is 7.88. The number of amides is 1. The molecule has 3 aromatic carbocycles. The minimum atomic E-state index is -0.676. The minimum absolute atomic E-state index is 0.113. The first-order valence-corrected chi connectivity index (χ1v) is 16.4. The van der Waals surface area contributed by atoms with E-state index < -0.39 is 18.1 Å². The number of piperidine rings is 1. The highest BCUT2D eigenvalue weighted by Gasteiger charge is 2.38. The number of nitrogens with zero attached hydrogens (tertiary/aromatic N) is 1. The molecule has 0 aliphatic carbocycles. The van der Waals surface area contributed by atoms with Gasteiger partial charge in [-0.3, -0.25) is 4.79 Å². The summed E-state index contributed by atoms with van der Waals surface area (Å²) in [6, 6.07) is 17.0. The van der Waals surface area contributed by atoms with Crippen LogP contribution in [0.4, 0.5) is 0 Å². The van der Waals surface area contributed by atoms with E-state index in [9.17, 15) is 9.59 Å². The molecule has 3 atom stereocenters. The van der Waals surface area contributed by atoms with Crippen molar-refractivity contribution in [1.29, 1.82) is 0 Å². The average molecular weight is 648 g/mol. The largest absolute Gasteiger partial charge is 0.493 e. The summed E-state index contributed by atoms with van der Waals surface area (Å²) in [6.07, 6.45) is 4.35. The smallest absolute Gasteiger partial charge is 0.329 e. The number of ether oxygens (including phenoxy) is 6. The maximum Gasteiger partial charge on any atom is 0.329 e. The zero-order valence-corrected chi connectivity index (χ0v) is 28.8. The second-order valence-corrected chi connectivity index (χ2v) is 11.7. The Morgan fingerprint density at radius 2 is 1.47 bits per heavy atom. The number of likely N-dealkylation sites (tertiary alicyclic amines) is 1. The first-order chi connectivity index (χ1) is 22.8. The molecule has 47 heavy (non-hydrogen) atoms. The molecule has 1 saturated heterocycles. The zero-order valence-electron chi connectivity index (χ0n) is 28.8. The van der Waals surface area contributed by atoms with Crippen molar-refractivity contribution in [2.45, 2.75) is 76.9 Å². The van der Waals surface area contributed by atoms with Crippen LogP contribution in [0.1, 0.15) is 80.2 Å². The zero-order chi connectivity index (χ0) is 33.9. The SMILES string of the molecule is CCc1cccc([C@@H](CCc2ccc(OC)c(OC)c2)OC(=O)[C@@H]2CCCCN2C(=O)[C@@H](CC)c2cc(OC)c(OC)c(OC)c2)c1. The van der Waals surface area contributed by atoms with Crippen LogP contribution in [0.5, 0.6) is 28.7 Å². The topological polar surface area (TPSA) is 92.8 Å². The molecule has 3 aromatic rings. The summed E-state index contributed by atoms with van der Waals surface area (Å²) in [4.78, 5) is 30.0. The molecule has 1 aliphatic rings. The lowest BCUT2D eigenvalue weighted by atomic mass is 9.91. The maximum absolute atomic E-state index is 14.2. The van der Waals surface area contributed by atoms with Gasteiger partial charge in [-0.2, -0.15) is 0 Å². The van der Waals surface area contributed by atoms with Crippen molar-refractivity contribution in [2.24, 2.45) is 0 Å². The van der Waals surface area contributed by atoms with E-state index in [1.54, 1.807) is 40.4 Å². The lowest BCUT2D eigenvalue weighted by Crippen LogP contribution is -2.50. The fourth-order valence-electron chi connectivity index (χ4n) is 6.36. The molecule has 4 rings (SSSR count). The van der Waals surface area contributed by atoms with Crippen LogP contribution in [-0.2, 0) is 27.2 Å². The minimum Gasteiger partial charge on any atom is -0.493 e. The molecule has 1 heterocycles. The Kier molecular flexibility index (Phi) is 12.8. The third kappa shape index (κ3) is 8.31. The van der Waals surface area contributed by atoms with Gasteiger partial charge in [-0.15, -0.1) is 0 Å². The van der Waals surface area contributed by atoms with Crippen LogP contribution in [0.3, 0.4) is 0 Å². The Morgan fingerprint density at radius 1 is 0.766 bits per heavy atom. The van der Waals surface area contributed by atoms with Crippen molar-refractivity contribution >= 4 is 11.9 Å². The average Bonchev–Trinajstić information content (AvgIpc) is 3.12. The highest BCUT2D eigenvalue weighted by atomic mass is 16.5. The summed E-state index contributed by atoms with van der Waals surface area (Å²) in [5.74, 6) is 1.75. The number of hydrogen-bond acceptors (Lipinski definition) is 8. The lowest BCUT2D eigenvalue weighted by Gasteiger charge is -2.37. The Bertz CT molecular complexity index is 1480. The molecule has 9 nitrogen and oxygen atoms in total. The van der Waals surface area contributed by atoms with Crippen molar-refractivity contribution in [1.82, 2.24) is 4.90 Å². The Balaban J connectivity index is 1.60. The number of carbonyl (C=O) groups is 2. The van der Waals surface area contributed by atoms with Gasteiger partial charge < -0.3 is 33.3 Å². The number of esters is 1. The fraction of sp³-hybridized carbons (Fsp3) is 0.474. The van der Waals surface area contributed by atoms with Crippen LogP contribution in [0, 0.1) is 0 Å². The first-order valence-electron chi connectivity index (χ1n) is 16.4. The van der Waals surface area contributed by atoms with E-state index in [1.807, 2.05) is 49.4 Å². The fourth-order valence-corrected chi connectivity index (χ4v) is 6.36. The standard InChI is InChI=1S/C38H49NO8/c1-8-25-13-12-14-27(21-25)31(18-16-26-17-19-32(42-3)33(22-26)43-4)47-38(41)30-15-10-11-20-39(30)37(40)29(9-2)28-23-34(44-5)36(46-7)35(24-28)45-6/h12-14,17,19,21-24,29-31H,8-11,15-16,18,20H2,1-7H3/t29-,30-,31+/m0/s1. The van der Waals surface area contributed by atoms with Crippen LogP contribution in [-0.4, -0.2) is 64.9 Å². The van der Waals surface area contributed by atoms with Crippen LogP contribution >= 0.6 is 0 Å². The maximum atomic E-state index is 14.2. The third-order valence-electron chi connectivity index (χ3n) is 8.99. The van der Waals surface area contributed by atoms with Crippen molar-refractivity contribution in [3.8, 4) is 28.7 Å². The monoisotopic (exact) mass is 647 g/mol. The summed E-state index contributed by atoms with van der Waals surface area (Å²) < 4.78 is 33.9. The molecule has 0 spiro atoms. The molecule has 0 bridgehead atoms. The first kappa shape index (κ1) is 35.5. The molecule has 1 aliphatic heterocycles. The van der Waals surface area contributed by atoms with E-state index in [0.717, 1.165) is 36.0 Å². The van der Waals surface area contributed by atoms with Crippen LogP contribution in [0.25, 0.3) is 0 Å². The van der Waals surface area contributed by atoms with Gasteiger partial charge in [0.15, 0.2) is 23.0 Å². The van der Waals surface area contributed by atoms with Crippen LogP contribution < -0.4 is 23.7 Å². The van der Waals surface area contributed by atoms with Gasteiger partial charge in [0.1, 0.15) is 12.1 Å². The van der Waals surface area contributed by atoms with E-state index in [1.165, 1.54) is 5.56 Å². The van der Waals surface area contributed by atoms with E-state index in [2.05, 4.69) is 19.1 Å². The van der Waals surface area contributed by atoms with E-state index in [-0.39, 0.29) is 11.9 Å². The van der Waals surface area contributed by atoms with E-state index in [0.29, 0.717) is 61.0 Å². The van der Waals surface area contributed by atoms with Crippen LogP contribution in [0.15, 0.2) is 54.6 Å². The molecular weight excluding hydrogens is 598 g/mol. The molecule has 1 amide bonds.